The van der Waals surface area contributed by atoms with Gasteiger partial charge in [-0.05, 0) is 23.5 Å². The summed E-state index contributed by atoms with van der Waals surface area (Å²) in [6.45, 7) is 3.91. The molecule has 0 radical (unpaired) electrons. The van der Waals surface area contributed by atoms with Crippen LogP contribution in [0.1, 0.15) is 13.8 Å². The second-order valence-electron chi connectivity index (χ2n) is 2.51. The molecule has 0 amide bonds. The fraction of sp³-hybridized carbons (Fsp3) is 0.714. The van der Waals surface area contributed by atoms with Crippen molar-refractivity contribution in [1.82, 2.24) is 0 Å². The molecule has 2 nitrogen and oxygen atoms in total. The molecule has 0 bridgehead atoms. The Balaban J connectivity index is 4.28. The van der Waals surface area contributed by atoms with Crippen LogP contribution in [0, 0.1) is 0 Å². The van der Waals surface area contributed by atoms with Crippen LogP contribution in [0.5, 0.6) is 0 Å². The predicted octanol–water partition coefficient (Wildman–Crippen LogP) is 1.72. The molecular weight excluding hydrogens is 243 g/mol. The van der Waals surface area contributed by atoms with E-state index in [9.17, 15) is 0 Å². The normalized spacial score (nSPS) is 13.9. The van der Waals surface area contributed by atoms with Crippen LogP contribution < -0.4 is 0 Å². The molecule has 0 rings (SSSR count). The van der Waals surface area contributed by atoms with Crippen molar-refractivity contribution in [3.05, 3.63) is 9.66 Å². The van der Waals surface area contributed by atoms with Gasteiger partial charge in [-0.25, -0.2) is 0 Å². The van der Waals surface area contributed by atoms with Crippen molar-refractivity contribution in [2.75, 3.05) is 13.7 Å². The van der Waals surface area contributed by atoms with Gasteiger partial charge in [0, 0.05) is 7.11 Å². The summed E-state index contributed by atoms with van der Waals surface area (Å²) in [4.78, 5) is 0. The SMILES string of the molecule is COC(C)(C)/C(=C/I)CO. The van der Waals surface area contributed by atoms with Gasteiger partial charge >= 0.3 is 0 Å². The molecule has 0 aromatic rings. The Morgan fingerprint density at radius 1 is 1.70 bits per heavy atom. The number of rotatable bonds is 3. The van der Waals surface area contributed by atoms with Gasteiger partial charge in [-0.3, -0.25) is 0 Å². The van der Waals surface area contributed by atoms with Crippen molar-refractivity contribution < 1.29 is 9.84 Å². The summed E-state index contributed by atoms with van der Waals surface area (Å²) in [7, 11) is 1.63. The Labute approximate surface area is 75.4 Å². The molecule has 0 fully saturated rings. The number of ether oxygens (including phenoxy) is 1. The summed E-state index contributed by atoms with van der Waals surface area (Å²) in [5.41, 5.74) is 0.561. The van der Waals surface area contributed by atoms with E-state index in [-0.39, 0.29) is 12.2 Å². The lowest BCUT2D eigenvalue weighted by atomic mass is 10.0. The quantitative estimate of drug-likeness (QED) is 0.779. The Morgan fingerprint density at radius 2 is 2.20 bits per heavy atom. The van der Waals surface area contributed by atoms with E-state index in [0.29, 0.717) is 0 Å². The molecule has 0 spiro atoms. The van der Waals surface area contributed by atoms with Crippen molar-refractivity contribution in [1.29, 1.82) is 0 Å². The van der Waals surface area contributed by atoms with E-state index in [1.54, 1.807) is 7.11 Å². The average Bonchev–Trinajstić information content (AvgIpc) is 1.90. The number of hydrogen-bond donors (Lipinski definition) is 1. The molecule has 0 aromatic heterocycles. The Morgan fingerprint density at radius 3 is 2.30 bits per heavy atom. The summed E-state index contributed by atoms with van der Waals surface area (Å²) in [5, 5.41) is 8.84. The molecule has 1 N–H and O–H groups in total. The molecule has 0 unspecified atom stereocenters. The summed E-state index contributed by atoms with van der Waals surface area (Å²) in [5.74, 6) is 0. The lowest BCUT2D eigenvalue weighted by Gasteiger charge is -2.24. The topological polar surface area (TPSA) is 29.5 Å². The maximum atomic E-state index is 8.84. The van der Waals surface area contributed by atoms with E-state index in [1.165, 1.54) is 0 Å². The van der Waals surface area contributed by atoms with E-state index in [1.807, 2.05) is 17.9 Å². The van der Waals surface area contributed by atoms with Crippen molar-refractivity contribution >= 4 is 22.6 Å². The monoisotopic (exact) mass is 256 g/mol. The molecule has 0 aliphatic rings. The second-order valence-corrected chi connectivity index (χ2v) is 3.13. The first-order chi connectivity index (χ1) is 4.58. The van der Waals surface area contributed by atoms with E-state index >= 15 is 0 Å². The summed E-state index contributed by atoms with van der Waals surface area (Å²) >= 11 is 2.10. The van der Waals surface area contributed by atoms with Crippen LogP contribution in [0.25, 0.3) is 0 Å². The molecule has 10 heavy (non-hydrogen) atoms. The third-order valence-electron chi connectivity index (χ3n) is 1.59. The van der Waals surface area contributed by atoms with Crippen LogP contribution >= 0.6 is 22.6 Å². The van der Waals surface area contributed by atoms with Gasteiger partial charge in [0.1, 0.15) is 0 Å². The lowest BCUT2D eigenvalue weighted by Crippen LogP contribution is -2.27. The van der Waals surface area contributed by atoms with Gasteiger partial charge < -0.3 is 9.84 Å². The molecule has 0 heterocycles. The van der Waals surface area contributed by atoms with Crippen LogP contribution in [0.15, 0.2) is 9.66 Å². The second kappa shape index (κ2) is 4.31. The highest BCUT2D eigenvalue weighted by atomic mass is 127. The minimum atomic E-state index is -0.337. The lowest BCUT2D eigenvalue weighted by molar-refractivity contribution is 0.0460. The van der Waals surface area contributed by atoms with Crippen LogP contribution in [0.2, 0.25) is 0 Å². The third kappa shape index (κ3) is 2.56. The maximum Gasteiger partial charge on any atom is 0.0861 e. The smallest absolute Gasteiger partial charge is 0.0861 e. The van der Waals surface area contributed by atoms with Gasteiger partial charge in [-0.1, -0.05) is 22.6 Å². The zero-order chi connectivity index (χ0) is 8.20. The van der Waals surface area contributed by atoms with Crippen LogP contribution in [0.3, 0.4) is 0 Å². The summed E-state index contributed by atoms with van der Waals surface area (Å²) < 4.78 is 7.00. The van der Waals surface area contributed by atoms with Crippen molar-refractivity contribution in [3.8, 4) is 0 Å². The van der Waals surface area contributed by atoms with Crippen molar-refractivity contribution in [3.63, 3.8) is 0 Å². The molecule has 0 aliphatic carbocycles. The fourth-order valence-electron chi connectivity index (χ4n) is 0.487. The first kappa shape index (κ1) is 10.4. The molecule has 0 saturated heterocycles. The van der Waals surface area contributed by atoms with E-state index in [4.69, 9.17) is 9.84 Å². The van der Waals surface area contributed by atoms with Crippen LogP contribution in [-0.2, 0) is 4.74 Å². The maximum absolute atomic E-state index is 8.84. The van der Waals surface area contributed by atoms with Gasteiger partial charge in [-0.15, -0.1) is 0 Å². The number of methoxy groups -OCH3 is 1. The molecule has 0 aliphatic heterocycles. The summed E-state index contributed by atoms with van der Waals surface area (Å²) in [6.07, 6.45) is 0. The molecule has 0 aromatic carbocycles. The number of aliphatic hydroxyl groups is 1. The molecule has 60 valence electrons. The first-order valence-electron chi connectivity index (χ1n) is 3.04. The van der Waals surface area contributed by atoms with Crippen LogP contribution in [0.4, 0.5) is 0 Å². The van der Waals surface area contributed by atoms with Gasteiger partial charge in [0.2, 0.25) is 0 Å². The van der Waals surface area contributed by atoms with Crippen molar-refractivity contribution in [2.24, 2.45) is 0 Å². The molecular formula is C7H13IO2. The first-order valence-corrected chi connectivity index (χ1v) is 4.28. The number of halogens is 1. The van der Waals surface area contributed by atoms with E-state index in [0.717, 1.165) is 5.57 Å². The molecule has 3 heteroatoms. The standard InChI is InChI=1S/C7H13IO2/c1-7(2,10-3)6(4-8)5-9/h4,9H,5H2,1-3H3/b6-4+. The highest BCUT2D eigenvalue weighted by Crippen LogP contribution is 2.20. The largest absolute Gasteiger partial charge is 0.392 e. The van der Waals surface area contributed by atoms with Gasteiger partial charge in [-0.2, -0.15) is 0 Å². The summed E-state index contributed by atoms with van der Waals surface area (Å²) in [6, 6.07) is 0. The predicted molar refractivity (Wildman–Crippen MR) is 50.3 cm³/mol. The zero-order valence-corrected chi connectivity index (χ0v) is 8.68. The van der Waals surface area contributed by atoms with Crippen molar-refractivity contribution in [2.45, 2.75) is 19.4 Å². The zero-order valence-electron chi connectivity index (χ0n) is 6.52. The van der Waals surface area contributed by atoms with E-state index in [2.05, 4.69) is 22.6 Å². The highest BCUT2D eigenvalue weighted by Gasteiger charge is 2.20. The van der Waals surface area contributed by atoms with E-state index < -0.39 is 0 Å². The van der Waals surface area contributed by atoms with Gasteiger partial charge in [0.15, 0.2) is 0 Å². The Bertz CT molecular complexity index is 130. The Kier molecular flexibility index (Phi) is 4.47. The minimum absolute atomic E-state index is 0.0593. The highest BCUT2D eigenvalue weighted by molar-refractivity contribution is 14.1. The molecule has 0 saturated carbocycles. The van der Waals surface area contributed by atoms with Crippen LogP contribution in [-0.4, -0.2) is 24.4 Å². The minimum Gasteiger partial charge on any atom is -0.392 e. The fourth-order valence-corrected chi connectivity index (χ4v) is 1.43. The number of aliphatic hydroxyl groups excluding tert-OH is 1. The number of hydrogen-bond acceptors (Lipinski definition) is 2. The Hall–Kier alpha value is 0.390. The van der Waals surface area contributed by atoms with Gasteiger partial charge in [0.25, 0.3) is 0 Å². The average molecular weight is 256 g/mol. The molecule has 0 atom stereocenters. The van der Waals surface area contributed by atoms with Gasteiger partial charge in [0.05, 0.1) is 12.2 Å². The third-order valence-corrected chi connectivity index (χ3v) is 2.34.